The number of carbonyl (C=O) groups excluding carboxylic acids is 3. The molecule has 8 heteroatoms. The molecule has 2 saturated heterocycles. The lowest BCUT2D eigenvalue weighted by atomic mass is 10.1. The fraction of sp³-hybridized carbons (Fsp3) is 0.565. The Hall–Kier alpha value is -2.74. The number of hydrogen-bond acceptors (Lipinski definition) is 5. The summed E-state index contributed by atoms with van der Waals surface area (Å²) in [5, 5.41) is 5.95. The molecule has 0 spiro atoms. The van der Waals surface area contributed by atoms with Crippen LogP contribution in [-0.4, -0.2) is 95.5 Å². The van der Waals surface area contributed by atoms with Gasteiger partial charge in [0, 0.05) is 58.5 Å². The van der Waals surface area contributed by atoms with E-state index in [1.54, 1.807) is 0 Å². The quantitative estimate of drug-likeness (QED) is 0.686. The van der Waals surface area contributed by atoms with Gasteiger partial charge in [-0.3, -0.25) is 19.3 Å². The zero-order valence-electron chi connectivity index (χ0n) is 18.0. The van der Waals surface area contributed by atoms with E-state index in [1.807, 2.05) is 40.1 Å². The first-order valence-corrected chi connectivity index (χ1v) is 11.3. The molecule has 31 heavy (non-hydrogen) atoms. The van der Waals surface area contributed by atoms with Crippen LogP contribution in [-0.2, 0) is 14.4 Å². The van der Waals surface area contributed by atoms with Crippen molar-refractivity contribution in [2.75, 3.05) is 52.4 Å². The number of hydrazone groups is 1. The highest BCUT2D eigenvalue weighted by Crippen LogP contribution is 2.16. The van der Waals surface area contributed by atoms with Gasteiger partial charge in [0.05, 0.1) is 18.8 Å². The van der Waals surface area contributed by atoms with E-state index in [1.165, 1.54) is 5.01 Å². The molecule has 0 atom stereocenters. The Bertz CT molecular complexity index is 827. The van der Waals surface area contributed by atoms with Crippen molar-refractivity contribution in [1.82, 2.24) is 19.7 Å². The monoisotopic (exact) mass is 425 g/mol. The predicted octanol–water partition coefficient (Wildman–Crippen LogP) is 1.17. The van der Waals surface area contributed by atoms with Gasteiger partial charge in [-0.05, 0) is 18.4 Å². The van der Waals surface area contributed by atoms with Crippen molar-refractivity contribution in [2.45, 2.75) is 32.1 Å². The molecule has 1 aromatic carbocycles. The number of amides is 3. The molecule has 3 aliphatic rings. The number of hydrogen-bond donors (Lipinski definition) is 0. The summed E-state index contributed by atoms with van der Waals surface area (Å²) in [4.78, 5) is 43.2. The highest BCUT2D eigenvalue weighted by Gasteiger charge is 2.27. The number of carbonyl (C=O) groups is 3. The second kappa shape index (κ2) is 10.0. The van der Waals surface area contributed by atoms with Crippen molar-refractivity contribution in [3.05, 3.63) is 35.9 Å². The molecule has 3 heterocycles. The highest BCUT2D eigenvalue weighted by atomic mass is 16.2. The lowest BCUT2D eigenvalue weighted by molar-refractivity contribution is -0.138. The van der Waals surface area contributed by atoms with E-state index >= 15 is 0 Å². The minimum atomic E-state index is -0.103. The molecule has 1 aromatic rings. The van der Waals surface area contributed by atoms with Gasteiger partial charge < -0.3 is 9.80 Å². The van der Waals surface area contributed by atoms with Crippen molar-refractivity contribution >= 4 is 23.4 Å². The summed E-state index contributed by atoms with van der Waals surface area (Å²) in [5.74, 6) is 0.100. The Morgan fingerprint density at radius 2 is 1.39 bits per heavy atom. The number of benzene rings is 1. The normalized spacial score (nSPS) is 19.6. The van der Waals surface area contributed by atoms with E-state index in [9.17, 15) is 14.4 Å². The van der Waals surface area contributed by atoms with E-state index in [-0.39, 0.29) is 30.6 Å². The van der Waals surface area contributed by atoms with Crippen LogP contribution in [0.1, 0.15) is 37.7 Å². The highest BCUT2D eigenvalue weighted by molar-refractivity contribution is 6.02. The van der Waals surface area contributed by atoms with Crippen LogP contribution in [0.15, 0.2) is 35.4 Å². The lowest BCUT2D eigenvalue weighted by Gasteiger charge is -2.35. The predicted molar refractivity (Wildman–Crippen MR) is 117 cm³/mol. The summed E-state index contributed by atoms with van der Waals surface area (Å²) in [6, 6.07) is 9.87. The molecule has 0 saturated carbocycles. The third kappa shape index (κ3) is 5.50. The van der Waals surface area contributed by atoms with Crippen LogP contribution in [0, 0.1) is 0 Å². The molecular weight excluding hydrogens is 394 g/mol. The standard InChI is InChI=1S/C23H31N5O3/c29-21(27-16-14-25(15-17-27)18-23(31)26-11-4-5-12-26)8-9-22(30)28-13-10-20(24-28)19-6-2-1-3-7-19/h1-3,6-7H,4-5,8-18H2. The molecule has 0 N–H and O–H groups in total. The molecule has 3 amide bonds. The Balaban J connectivity index is 1.18. The van der Waals surface area contributed by atoms with Crippen LogP contribution in [0.4, 0.5) is 0 Å². The molecule has 0 aromatic heterocycles. The zero-order chi connectivity index (χ0) is 21.6. The Morgan fingerprint density at radius 1 is 0.742 bits per heavy atom. The van der Waals surface area contributed by atoms with Gasteiger partial charge in [-0.25, -0.2) is 5.01 Å². The van der Waals surface area contributed by atoms with Crippen LogP contribution >= 0.6 is 0 Å². The van der Waals surface area contributed by atoms with Crippen molar-refractivity contribution in [1.29, 1.82) is 0 Å². The Kier molecular flexibility index (Phi) is 6.96. The maximum absolute atomic E-state index is 12.6. The number of likely N-dealkylation sites (tertiary alicyclic amines) is 1. The number of nitrogens with zero attached hydrogens (tertiary/aromatic N) is 5. The minimum Gasteiger partial charge on any atom is -0.342 e. The van der Waals surface area contributed by atoms with Crippen molar-refractivity contribution < 1.29 is 14.4 Å². The molecule has 0 radical (unpaired) electrons. The summed E-state index contributed by atoms with van der Waals surface area (Å²) < 4.78 is 0. The van der Waals surface area contributed by atoms with Crippen molar-refractivity contribution in [3.8, 4) is 0 Å². The summed E-state index contributed by atoms with van der Waals surface area (Å²) in [6.07, 6.45) is 3.32. The summed E-state index contributed by atoms with van der Waals surface area (Å²) in [6.45, 7) is 5.39. The van der Waals surface area contributed by atoms with Crippen LogP contribution in [0.2, 0.25) is 0 Å². The average molecular weight is 426 g/mol. The Labute approximate surface area is 183 Å². The minimum absolute atomic E-state index is 0.00493. The first kappa shape index (κ1) is 21.5. The number of rotatable bonds is 6. The molecule has 0 aliphatic carbocycles. The van der Waals surface area contributed by atoms with Gasteiger partial charge in [0.2, 0.25) is 17.7 Å². The first-order valence-electron chi connectivity index (χ1n) is 11.3. The molecular formula is C23H31N5O3. The van der Waals surface area contributed by atoms with Gasteiger partial charge >= 0.3 is 0 Å². The molecule has 0 unspecified atom stereocenters. The maximum atomic E-state index is 12.6. The van der Waals surface area contributed by atoms with E-state index in [0.29, 0.717) is 39.3 Å². The maximum Gasteiger partial charge on any atom is 0.243 e. The third-order valence-electron chi connectivity index (χ3n) is 6.29. The van der Waals surface area contributed by atoms with Crippen LogP contribution in [0.3, 0.4) is 0 Å². The lowest BCUT2D eigenvalue weighted by Crippen LogP contribution is -2.51. The van der Waals surface area contributed by atoms with Gasteiger partial charge in [0.15, 0.2) is 0 Å². The van der Waals surface area contributed by atoms with E-state index < -0.39 is 0 Å². The second-order valence-electron chi connectivity index (χ2n) is 8.42. The van der Waals surface area contributed by atoms with Gasteiger partial charge in [-0.1, -0.05) is 30.3 Å². The van der Waals surface area contributed by atoms with Gasteiger partial charge in [0.25, 0.3) is 0 Å². The van der Waals surface area contributed by atoms with Crippen molar-refractivity contribution in [2.24, 2.45) is 5.10 Å². The smallest absolute Gasteiger partial charge is 0.243 e. The molecule has 166 valence electrons. The fourth-order valence-corrected chi connectivity index (χ4v) is 4.38. The molecule has 0 bridgehead atoms. The largest absolute Gasteiger partial charge is 0.342 e. The average Bonchev–Trinajstić information content (AvgIpc) is 3.51. The summed E-state index contributed by atoms with van der Waals surface area (Å²) in [5.41, 5.74) is 1.95. The first-order chi connectivity index (χ1) is 15.1. The molecule has 4 rings (SSSR count). The molecule has 3 aliphatic heterocycles. The third-order valence-corrected chi connectivity index (χ3v) is 6.29. The van der Waals surface area contributed by atoms with E-state index in [0.717, 1.165) is 43.6 Å². The van der Waals surface area contributed by atoms with Gasteiger partial charge in [-0.2, -0.15) is 5.10 Å². The SMILES string of the molecule is O=C(CCC(=O)N1CCC(c2ccccc2)=N1)N1CCN(CC(=O)N2CCCC2)CC1. The Morgan fingerprint density at radius 3 is 2.10 bits per heavy atom. The topological polar surface area (TPSA) is 76.5 Å². The second-order valence-corrected chi connectivity index (χ2v) is 8.42. The van der Waals surface area contributed by atoms with Gasteiger partial charge in [-0.15, -0.1) is 0 Å². The molecule has 8 nitrogen and oxygen atoms in total. The fourth-order valence-electron chi connectivity index (χ4n) is 4.38. The number of piperazine rings is 1. The van der Waals surface area contributed by atoms with E-state index in [2.05, 4.69) is 10.0 Å². The van der Waals surface area contributed by atoms with E-state index in [4.69, 9.17) is 0 Å². The zero-order valence-corrected chi connectivity index (χ0v) is 18.0. The van der Waals surface area contributed by atoms with Gasteiger partial charge in [0.1, 0.15) is 0 Å². The van der Waals surface area contributed by atoms with Crippen molar-refractivity contribution in [3.63, 3.8) is 0 Å². The molecule has 2 fully saturated rings. The summed E-state index contributed by atoms with van der Waals surface area (Å²) >= 11 is 0. The van der Waals surface area contributed by atoms with Crippen LogP contribution < -0.4 is 0 Å². The van der Waals surface area contributed by atoms with Crippen LogP contribution in [0.5, 0.6) is 0 Å². The van der Waals surface area contributed by atoms with Crippen LogP contribution in [0.25, 0.3) is 0 Å². The summed E-state index contributed by atoms with van der Waals surface area (Å²) in [7, 11) is 0.